The van der Waals surface area contributed by atoms with Crippen LogP contribution in [0.25, 0.3) is 0 Å². The summed E-state index contributed by atoms with van der Waals surface area (Å²) in [6.45, 7) is 3.16. The third-order valence-corrected chi connectivity index (χ3v) is 4.78. The van der Waals surface area contributed by atoms with Gasteiger partial charge in [-0.05, 0) is 37.4 Å². The largest absolute Gasteiger partial charge is 0.465 e. The molecule has 0 spiro atoms. The van der Waals surface area contributed by atoms with Gasteiger partial charge >= 0.3 is 5.97 Å². The second-order valence-electron chi connectivity index (χ2n) is 6.34. The first-order valence-corrected chi connectivity index (χ1v) is 8.94. The number of amides is 1. The van der Waals surface area contributed by atoms with Crippen LogP contribution in [0.2, 0.25) is 5.02 Å². The minimum atomic E-state index is -0.448. The van der Waals surface area contributed by atoms with Crippen molar-refractivity contribution in [2.24, 2.45) is 0 Å². The van der Waals surface area contributed by atoms with Gasteiger partial charge in [0, 0.05) is 32.4 Å². The maximum Gasteiger partial charge on any atom is 0.337 e. The normalized spacial score (nSPS) is 14.7. The summed E-state index contributed by atoms with van der Waals surface area (Å²) >= 11 is 6.18. The predicted octanol–water partition coefficient (Wildman–Crippen LogP) is 2.65. The van der Waals surface area contributed by atoms with Gasteiger partial charge in [0.2, 0.25) is 0 Å². The number of pyridine rings is 1. The molecule has 27 heavy (non-hydrogen) atoms. The van der Waals surface area contributed by atoms with E-state index in [9.17, 15) is 9.59 Å². The zero-order valence-corrected chi connectivity index (χ0v) is 16.0. The summed E-state index contributed by atoms with van der Waals surface area (Å²) < 4.78 is 4.72. The highest BCUT2D eigenvalue weighted by atomic mass is 35.5. The number of nitrogens with zero attached hydrogens (tertiary/aromatic N) is 3. The Morgan fingerprint density at radius 2 is 1.81 bits per heavy atom. The molecule has 0 aliphatic carbocycles. The maximum absolute atomic E-state index is 12.6. The van der Waals surface area contributed by atoms with E-state index >= 15 is 0 Å². The Hall–Kier alpha value is -2.64. The molecular weight excluding hydrogens is 368 g/mol. The number of ether oxygens (including phenoxy) is 1. The number of benzene rings is 1. The number of hydrogen-bond donors (Lipinski definition) is 1. The van der Waals surface area contributed by atoms with Gasteiger partial charge in [-0.15, -0.1) is 0 Å². The Labute approximate surface area is 162 Å². The molecule has 0 atom stereocenters. The number of hydrogen-bond acceptors (Lipinski definition) is 6. The summed E-state index contributed by atoms with van der Waals surface area (Å²) in [4.78, 5) is 32.5. The zero-order chi connectivity index (χ0) is 19.4. The molecule has 7 nitrogen and oxygen atoms in total. The molecule has 1 aromatic carbocycles. The van der Waals surface area contributed by atoms with Gasteiger partial charge in [0.1, 0.15) is 5.82 Å². The zero-order valence-electron chi connectivity index (χ0n) is 15.2. The number of aromatic nitrogens is 1. The molecule has 0 radical (unpaired) electrons. The first kappa shape index (κ1) is 19.1. The SMILES string of the molecule is COC(=O)c1ccc(Cl)c(Nc2ccc(C(=O)N3CCN(C)CC3)cn2)c1. The van der Waals surface area contributed by atoms with Crippen LogP contribution in [-0.4, -0.2) is 67.0 Å². The van der Waals surface area contributed by atoms with Crippen LogP contribution >= 0.6 is 11.6 Å². The van der Waals surface area contributed by atoms with E-state index in [0.717, 1.165) is 13.1 Å². The van der Waals surface area contributed by atoms with Gasteiger partial charge in [0.25, 0.3) is 5.91 Å². The van der Waals surface area contributed by atoms with Crippen LogP contribution in [0.15, 0.2) is 36.5 Å². The van der Waals surface area contributed by atoms with Gasteiger partial charge in [0.05, 0.1) is 28.9 Å². The first-order valence-electron chi connectivity index (χ1n) is 8.56. The van der Waals surface area contributed by atoms with Crippen molar-refractivity contribution in [2.75, 3.05) is 45.7 Å². The fourth-order valence-corrected chi connectivity index (χ4v) is 2.96. The van der Waals surface area contributed by atoms with Crippen molar-refractivity contribution in [3.8, 4) is 0 Å². The van der Waals surface area contributed by atoms with Crippen LogP contribution in [0.1, 0.15) is 20.7 Å². The molecule has 0 unspecified atom stereocenters. The van der Waals surface area contributed by atoms with Crippen LogP contribution in [0.3, 0.4) is 0 Å². The lowest BCUT2D eigenvalue weighted by atomic mass is 10.2. The van der Waals surface area contributed by atoms with E-state index in [1.54, 1.807) is 36.5 Å². The molecule has 1 N–H and O–H groups in total. The number of anilines is 2. The van der Waals surface area contributed by atoms with Gasteiger partial charge in [-0.3, -0.25) is 4.79 Å². The second kappa shape index (κ2) is 8.37. The van der Waals surface area contributed by atoms with E-state index in [1.807, 2.05) is 11.9 Å². The molecule has 1 saturated heterocycles. The predicted molar refractivity (Wildman–Crippen MR) is 104 cm³/mol. The van der Waals surface area contributed by atoms with E-state index in [1.165, 1.54) is 7.11 Å². The minimum Gasteiger partial charge on any atom is -0.465 e. The van der Waals surface area contributed by atoms with Crippen LogP contribution in [0.4, 0.5) is 11.5 Å². The van der Waals surface area contributed by atoms with Gasteiger partial charge in [0.15, 0.2) is 0 Å². The standard InChI is InChI=1S/C19H21ClN4O3/c1-23-7-9-24(10-8-23)18(25)14-4-6-17(21-12-14)22-16-11-13(19(26)27-2)3-5-15(16)20/h3-6,11-12H,7-10H2,1-2H3,(H,21,22). The van der Waals surface area contributed by atoms with E-state index in [2.05, 4.69) is 15.2 Å². The maximum atomic E-state index is 12.6. The number of esters is 1. The molecule has 2 heterocycles. The lowest BCUT2D eigenvalue weighted by Crippen LogP contribution is -2.47. The van der Waals surface area contributed by atoms with Crippen molar-refractivity contribution in [3.05, 3.63) is 52.7 Å². The van der Waals surface area contributed by atoms with Crippen molar-refractivity contribution in [1.29, 1.82) is 0 Å². The molecule has 1 aromatic heterocycles. The van der Waals surface area contributed by atoms with Gasteiger partial charge in [-0.1, -0.05) is 11.6 Å². The summed E-state index contributed by atoms with van der Waals surface area (Å²) in [6, 6.07) is 8.24. The number of likely N-dealkylation sites (N-methyl/N-ethyl adjacent to an activating group) is 1. The summed E-state index contributed by atoms with van der Waals surface area (Å²) in [5.74, 6) is 0.0533. The van der Waals surface area contributed by atoms with Crippen LogP contribution in [-0.2, 0) is 4.74 Å². The van der Waals surface area contributed by atoms with Gasteiger partial charge in [-0.25, -0.2) is 9.78 Å². The summed E-state index contributed by atoms with van der Waals surface area (Å²) in [6.07, 6.45) is 1.54. The van der Waals surface area contributed by atoms with E-state index in [4.69, 9.17) is 16.3 Å². The molecule has 0 bridgehead atoms. The quantitative estimate of drug-likeness (QED) is 0.811. The van der Waals surface area contributed by atoms with Crippen molar-refractivity contribution in [3.63, 3.8) is 0 Å². The Morgan fingerprint density at radius 3 is 2.44 bits per heavy atom. The molecule has 1 fully saturated rings. The van der Waals surface area contributed by atoms with Crippen molar-refractivity contribution < 1.29 is 14.3 Å². The Bertz CT molecular complexity index is 833. The molecular formula is C19H21ClN4O3. The lowest BCUT2D eigenvalue weighted by Gasteiger charge is -2.32. The highest BCUT2D eigenvalue weighted by molar-refractivity contribution is 6.33. The van der Waals surface area contributed by atoms with Crippen LogP contribution in [0, 0.1) is 0 Å². The van der Waals surface area contributed by atoms with Crippen LogP contribution in [0.5, 0.6) is 0 Å². The lowest BCUT2D eigenvalue weighted by molar-refractivity contribution is 0.0600. The topological polar surface area (TPSA) is 74.8 Å². The highest BCUT2D eigenvalue weighted by Crippen LogP contribution is 2.26. The Morgan fingerprint density at radius 1 is 1.11 bits per heavy atom. The third-order valence-electron chi connectivity index (χ3n) is 4.45. The monoisotopic (exact) mass is 388 g/mol. The molecule has 1 amide bonds. The Balaban J connectivity index is 1.71. The molecule has 0 saturated carbocycles. The summed E-state index contributed by atoms with van der Waals surface area (Å²) in [5, 5.41) is 3.51. The van der Waals surface area contributed by atoms with E-state index in [0.29, 0.717) is 40.7 Å². The van der Waals surface area contributed by atoms with Crippen molar-refractivity contribution in [1.82, 2.24) is 14.8 Å². The van der Waals surface area contributed by atoms with Crippen molar-refractivity contribution in [2.45, 2.75) is 0 Å². The summed E-state index contributed by atoms with van der Waals surface area (Å²) in [7, 11) is 3.37. The number of carbonyl (C=O) groups excluding carboxylic acids is 2. The molecule has 2 aromatic rings. The fraction of sp³-hybridized carbons (Fsp3) is 0.316. The molecule has 142 valence electrons. The molecule has 1 aliphatic heterocycles. The molecule has 3 rings (SSSR count). The number of nitrogens with one attached hydrogen (secondary N) is 1. The Kier molecular flexibility index (Phi) is 5.93. The number of piperazine rings is 1. The smallest absolute Gasteiger partial charge is 0.337 e. The van der Waals surface area contributed by atoms with E-state index < -0.39 is 5.97 Å². The number of halogens is 1. The van der Waals surface area contributed by atoms with Gasteiger partial charge < -0.3 is 19.9 Å². The fourth-order valence-electron chi connectivity index (χ4n) is 2.79. The highest BCUT2D eigenvalue weighted by Gasteiger charge is 2.20. The average Bonchev–Trinajstić information content (AvgIpc) is 2.69. The minimum absolute atomic E-state index is 0.0205. The number of rotatable bonds is 4. The van der Waals surface area contributed by atoms with E-state index in [-0.39, 0.29) is 5.91 Å². The van der Waals surface area contributed by atoms with Crippen LogP contribution < -0.4 is 5.32 Å². The third kappa shape index (κ3) is 4.56. The first-order chi connectivity index (χ1) is 13.0. The summed E-state index contributed by atoms with van der Waals surface area (Å²) in [5.41, 5.74) is 1.45. The molecule has 8 heteroatoms. The van der Waals surface area contributed by atoms with Crippen molar-refractivity contribution >= 4 is 35.0 Å². The number of carbonyl (C=O) groups is 2. The molecule has 1 aliphatic rings. The van der Waals surface area contributed by atoms with Gasteiger partial charge in [-0.2, -0.15) is 0 Å². The average molecular weight is 389 g/mol. The number of methoxy groups -OCH3 is 1. The second-order valence-corrected chi connectivity index (χ2v) is 6.75.